The van der Waals surface area contributed by atoms with Gasteiger partial charge in [0.05, 0.1) is 16.3 Å². The second-order valence-corrected chi connectivity index (χ2v) is 7.67. The van der Waals surface area contributed by atoms with Crippen molar-refractivity contribution in [2.45, 2.75) is 20.5 Å². The molecule has 2 aromatic heterocycles. The summed E-state index contributed by atoms with van der Waals surface area (Å²) in [5, 5.41) is 4.55. The number of benzene rings is 1. The molecule has 3 heterocycles. The Labute approximate surface area is 180 Å². The summed E-state index contributed by atoms with van der Waals surface area (Å²) < 4.78 is 11.0. The van der Waals surface area contributed by atoms with Crippen molar-refractivity contribution in [1.82, 2.24) is 15.0 Å². The van der Waals surface area contributed by atoms with E-state index in [1.54, 1.807) is 12.3 Å². The highest BCUT2D eigenvalue weighted by Crippen LogP contribution is 2.21. The largest absolute Gasteiger partial charge is 0.489 e. The van der Waals surface area contributed by atoms with Gasteiger partial charge in [0.2, 0.25) is 0 Å². The van der Waals surface area contributed by atoms with Crippen LogP contribution in [0, 0.1) is 13.8 Å². The highest BCUT2D eigenvalue weighted by molar-refractivity contribution is 6.30. The van der Waals surface area contributed by atoms with Crippen LogP contribution in [0.25, 0.3) is 0 Å². The van der Waals surface area contributed by atoms with Gasteiger partial charge in [-0.15, -0.1) is 0 Å². The number of piperazine rings is 1. The molecule has 0 atom stereocenters. The van der Waals surface area contributed by atoms with Gasteiger partial charge in [0.25, 0.3) is 5.91 Å². The third kappa shape index (κ3) is 4.41. The van der Waals surface area contributed by atoms with E-state index in [0.29, 0.717) is 36.0 Å². The fourth-order valence-corrected chi connectivity index (χ4v) is 3.57. The summed E-state index contributed by atoms with van der Waals surface area (Å²) in [5.74, 6) is 2.26. The number of halogens is 1. The molecule has 0 radical (unpaired) electrons. The van der Waals surface area contributed by atoms with E-state index in [4.69, 9.17) is 20.9 Å². The van der Waals surface area contributed by atoms with Crippen molar-refractivity contribution < 1.29 is 14.1 Å². The van der Waals surface area contributed by atoms with Crippen LogP contribution in [0.3, 0.4) is 0 Å². The molecule has 156 valence electrons. The smallest absolute Gasteiger partial charge is 0.254 e. The Morgan fingerprint density at radius 3 is 2.63 bits per heavy atom. The maximum absolute atomic E-state index is 13.0. The van der Waals surface area contributed by atoms with Crippen LogP contribution < -0.4 is 9.64 Å². The van der Waals surface area contributed by atoms with Gasteiger partial charge in [-0.1, -0.05) is 22.8 Å². The van der Waals surface area contributed by atoms with Gasteiger partial charge in [-0.3, -0.25) is 4.79 Å². The Bertz CT molecular complexity index is 1010. The molecule has 8 heteroatoms. The highest BCUT2D eigenvalue weighted by Gasteiger charge is 2.23. The summed E-state index contributed by atoms with van der Waals surface area (Å²) in [6.07, 6.45) is 1.64. The number of aryl methyl sites for hydroxylation is 2. The van der Waals surface area contributed by atoms with Crippen molar-refractivity contribution in [3.05, 3.63) is 70.2 Å². The lowest BCUT2D eigenvalue weighted by Crippen LogP contribution is -2.49. The summed E-state index contributed by atoms with van der Waals surface area (Å²) in [5.41, 5.74) is 2.36. The minimum atomic E-state index is 0.00139. The molecule has 3 aromatic rings. The zero-order valence-corrected chi connectivity index (χ0v) is 17.7. The Morgan fingerprint density at radius 1 is 1.17 bits per heavy atom. The van der Waals surface area contributed by atoms with Gasteiger partial charge in [0.15, 0.2) is 0 Å². The number of amides is 1. The first-order valence-corrected chi connectivity index (χ1v) is 10.2. The van der Waals surface area contributed by atoms with E-state index in [9.17, 15) is 4.79 Å². The molecule has 1 aliphatic heterocycles. The van der Waals surface area contributed by atoms with Crippen molar-refractivity contribution in [2.75, 3.05) is 31.1 Å². The van der Waals surface area contributed by atoms with Crippen molar-refractivity contribution in [1.29, 1.82) is 0 Å². The number of nitrogens with zero attached hydrogens (tertiary/aromatic N) is 4. The van der Waals surface area contributed by atoms with E-state index in [1.807, 2.05) is 49.1 Å². The normalized spacial score (nSPS) is 14.1. The number of hydrogen-bond acceptors (Lipinski definition) is 6. The molecule has 1 fully saturated rings. The quantitative estimate of drug-likeness (QED) is 0.616. The van der Waals surface area contributed by atoms with Gasteiger partial charge in [0, 0.05) is 37.9 Å². The fourth-order valence-electron chi connectivity index (χ4n) is 3.46. The Morgan fingerprint density at radius 2 is 1.97 bits per heavy atom. The van der Waals surface area contributed by atoms with E-state index in [2.05, 4.69) is 15.0 Å². The molecule has 1 amide bonds. The monoisotopic (exact) mass is 426 g/mol. The van der Waals surface area contributed by atoms with Gasteiger partial charge >= 0.3 is 0 Å². The number of carbonyl (C=O) groups is 1. The number of anilines is 1. The molecule has 7 nitrogen and oxygen atoms in total. The molecule has 1 aliphatic rings. The Balaban J connectivity index is 1.37. The van der Waals surface area contributed by atoms with Crippen LogP contribution in [0.1, 0.15) is 27.4 Å². The van der Waals surface area contributed by atoms with Crippen LogP contribution in [0.2, 0.25) is 5.02 Å². The topological polar surface area (TPSA) is 71.7 Å². The molecule has 0 aliphatic carbocycles. The zero-order chi connectivity index (χ0) is 21.1. The third-order valence-electron chi connectivity index (χ3n) is 5.25. The van der Waals surface area contributed by atoms with Crippen LogP contribution in [0.5, 0.6) is 5.75 Å². The van der Waals surface area contributed by atoms with E-state index >= 15 is 0 Å². The summed E-state index contributed by atoms with van der Waals surface area (Å²) in [6, 6.07) is 11.0. The lowest BCUT2D eigenvalue weighted by molar-refractivity contribution is 0.0746. The van der Waals surface area contributed by atoms with Crippen LogP contribution in [-0.2, 0) is 6.61 Å². The molecule has 0 N–H and O–H groups in total. The van der Waals surface area contributed by atoms with Gasteiger partial charge in [-0.05, 0) is 44.2 Å². The van der Waals surface area contributed by atoms with Gasteiger partial charge in [0.1, 0.15) is 23.9 Å². The molecule has 0 unspecified atom stereocenters. The number of pyridine rings is 1. The summed E-state index contributed by atoms with van der Waals surface area (Å²) >= 11 is 5.91. The minimum Gasteiger partial charge on any atom is -0.489 e. The first-order valence-electron chi connectivity index (χ1n) is 9.81. The van der Waals surface area contributed by atoms with Crippen molar-refractivity contribution in [3.63, 3.8) is 0 Å². The standard InChI is InChI=1S/C22H23ClN4O3/c1-15-20(16(2)30-25-15)14-29-19-5-3-4-17(12-19)22(28)27-10-8-26(9-11-27)21-7-6-18(23)13-24-21/h3-7,12-13H,8-11,14H2,1-2H3. The lowest BCUT2D eigenvalue weighted by atomic mass is 10.1. The molecule has 1 saturated heterocycles. The second kappa shape index (κ2) is 8.75. The number of aromatic nitrogens is 2. The van der Waals surface area contributed by atoms with Gasteiger partial charge < -0.3 is 19.1 Å². The van der Waals surface area contributed by atoms with Crippen molar-refractivity contribution >= 4 is 23.3 Å². The van der Waals surface area contributed by atoms with Crippen LogP contribution in [-0.4, -0.2) is 47.1 Å². The average molecular weight is 427 g/mol. The molecule has 30 heavy (non-hydrogen) atoms. The van der Waals surface area contributed by atoms with Crippen molar-refractivity contribution in [3.8, 4) is 5.75 Å². The first-order chi connectivity index (χ1) is 14.5. The Kier molecular flexibility index (Phi) is 5.90. The van der Waals surface area contributed by atoms with E-state index in [0.717, 1.165) is 35.9 Å². The summed E-state index contributed by atoms with van der Waals surface area (Å²) in [6.45, 7) is 6.81. The molecule has 0 spiro atoms. The van der Waals surface area contributed by atoms with Crippen LogP contribution in [0.4, 0.5) is 5.82 Å². The molecule has 1 aromatic carbocycles. The highest BCUT2D eigenvalue weighted by atomic mass is 35.5. The SMILES string of the molecule is Cc1noc(C)c1COc1cccc(C(=O)N2CCN(c3ccc(Cl)cn3)CC2)c1. The number of hydrogen-bond donors (Lipinski definition) is 0. The van der Waals surface area contributed by atoms with E-state index < -0.39 is 0 Å². The predicted octanol–water partition coefficient (Wildman–Crippen LogP) is 3.88. The molecule has 4 rings (SSSR count). The molecule has 0 saturated carbocycles. The maximum Gasteiger partial charge on any atom is 0.254 e. The number of rotatable bonds is 5. The van der Waals surface area contributed by atoms with E-state index in [1.165, 1.54) is 0 Å². The first kappa shape index (κ1) is 20.2. The Hall–Kier alpha value is -3.06. The lowest BCUT2D eigenvalue weighted by Gasteiger charge is -2.35. The van der Waals surface area contributed by atoms with Crippen LogP contribution >= 0.6 is 11.6 Å². The second-order valence-electron chi connectivity index (χ2n) is 7.23. The van der Waals surface area contributed by atoms with Crippen molar-refractivity contribution in [2.24, 2.45) is 0 Å². The minimum absolute atomic E-state index is 0.00139. The molecule has 0 bridgehead atoms. The molecular formula is C22H23ClN4O3. The fraction of sp³-hybridized carbons (Fsp3) is 0.318. The summed E-state index contributed by atoms with van der Waals surface area (Å²) in [7, 11) is 0. The van der Waals surface area contributed by atoms with Crippen LogP contribution in [0.15, 0.2) is 47.1 Å². The number of ether oxygens (including phenoxy) is 1. The molecular weight excluding hydrogens is 404 g/mol. The average Bonchev–Trinajstić information content (AvgIpc) is 3.10. The van der Waals surface area contributed by atoms with E-state index in [-0.39, 0.29) is 5.91 Å². The predicted molar refractivity (Wildman–Crippen MR) is 114 cm³/mol. The van der Waals surface area contributed by atoms with Gasteiger partial charge in [-0.25, -0.2) is 4.98 Å². The summed E-state index contributed by atoms with van der Waals surface area (Å²) in [4.78, 5) is 21.3. The number of carbonyl (C=O) groups excluding carboxylic acids is 1. The maximum atomic E-state index is 13.0. The van der Waals surface area contributed by atoms with Gasteiger partial charge in [-0.2, -0.15) is 0 Å². The third-order valence-corrected chi connectivity index (χ3v) is 5.47. The zero-order valence-electron chi connectivity index (χ0n) is 17.0.